The van der Waals surface area contributed by atoms with Gasteiger partial charge in [0.15, 0.2) is 0 Å². The molecule has 2 aromatic carbocycles. The van der Waals surface area contributed by atoms with Crippen LogP contribution in [-0.2, 0) is 20.0 Å². The summed E-state index contributed by atoms with van der Waals surface area (Å²) in [6, 6.07) is 15.1. The normalized spacial score (nSPS) is 20.3. The zero-order valence-corrected chi connectivity index (χ0v) is 20.0. The van der Waals surface area contributed by atoms with Crippen LogP contribution in [0.15, 0.2) is 48.5 Å². The molecular weight excluding hydrogens is 434 g/mol. The molecule has 7 nitrogen and oxygen atoms in total. The molecule has 1 fully saturated rings. The Morgan fingerprint density at radius 2 is 1.68 bits per heavy atom. The molecule has 1 aliphatic rings. The van der Waals surface area contributed by atoms with Crippen molar-refractivity contribution in [2.24, 2.45) is 0 Å². The SMILES string of the molecule is CCN1CC(NS(=O)(=O)C(C)C)C(c2ccc(-c3cccc(NS(C)(=O)=O)c3)cc2)C1. The van der Waals surface area contributed by atoms with Crippen molar-refractivity contribution < 1.29 is 16.8 Å². The fraction of sp³-hybridized carbons (Fsp3) is 0.455. The van der Waals surface area contributed by atoms with Gasteiger partial charge in [-0.05, 0) is 49.2 Å². The topological polar surface area (TPSA) is 95.6 Å². The molecule has 2 atom stereocenters. The number of hydrogen-bond acceptors (Lipinski definition) is 5. The van der Waals surface area contributed by atoms with Crippen LogP contribution in [0.2, 0.25) is 0 Å². The van der Waals surface area contributed by atoms with Crippen molar-refractivity contribution in [2.45, 2.75) is 38.0 Å². The highest BCUT2D eigenvalue weighted by Gasteiger charge is 2.36. The lowest BCUT2D eigenvalue weighted by molar-refractivity contribution is 0.348. The van der Waals surface area contributed by atoms with Gasteiger partial charge in [-0.2, -0.15) is 0 Å². The summed E-state index contributed by atoms with van der Waals surface area (Å²) in [5.74, 6) is 0.0701. The summed E-state index contributed by atoms with van der Waals surface area (Å²) in [5, 5.41) is -0.473. The second-order valence-electron chi connectivity index (χ2n) is 8.35. The molecule has 1 aliphatic heterocycles. The van der Waals surface area contributed by atoms with Crippen LogP contribution in [0.25, 0.3) is 11.1 Å². The number of anilines is 1. The Hall–Kier alpha value is -1.94. The number of nitrogens with zero attached hydrogens (tertiary/aromatic N) is 1. The summed E-state index contributed by atoms with van der Waals surface area (Å²) in [4.78, 5) is 2.26. The van der Waals surface area contributed by atoms with E-state index in [-0.39, 0.29) is 12.0 Å². The van der Waals surface area contributed by atoms with Gasteiger partial charge < -0.3 is 4.90 Å². The van der Waals surface area contributed by atoms with E-state index in [9.17, 15) is 16.8 Å². The molecule has 2 aromatic rings. The highest BCUT2D eigenvalue weighted by molar-refractivity contribution is 7.92. The van der Waals surface area contributed by atoms with Crippen LogP contribution in [0.4, 0.5) is 5.69 Å². The van der Waals surface area contributed by atoms with Gasteiger partial charge in [-0.15, -0.1) is 0 Å². The minimum Gasteiger partial charge on any atom is -0.301 e. The van der Waals surface area contributed by atoms with Crippen LogP contribution in [0.3, 0.4) is 0 Å². The molecule has 0 aromatic heterocycles. The van der Waals surface area contributed by atoms with Gasteiger partial charge in [0.2, 0.25) is 20.0 Å². The predicted octanol–water partition coefficient (Wildman–Crippen LogP) is 2.84. The first kappa shape index (κ1) is 23.7. The molecule has 0 radical (unpaired) electrons. The van der Waals surface area contributed by atoms with Gasteiger partial charge in [0.1, 0.15) is 0 Å². The van der Waals surface area contributed by atoms with Gasteiger partial charge in [0.25, 0.3) is 0 Å². The summed E-state index contributed by atoms with van der Waals surface area (Å²) < 4.78 is 53.3. The van der Waals surface area contributed by atoms with Crippen LogP contribution >= 0.6 is 0 Å². The lowest BCUT2D eigenvalue weighted by Gasteiger charge is -2.22. The first-order chi connectivity index (χ1) is 14.5. The summed E-state index contributed by atoms with van der Waals surface area (Å²) in [6.45, 7) is 7.81. The molecule has 3 rings (SSSR count). The zero-order chi connectivity index (χ0) is 22.8. The second-order valence-corrected chi connectivity index (χ2v) is 12.4. The Morgan fingerprint density at radius 1 is 1.00 bits per heavy atom. The van der Waals surface area contributed by atoms with Crippen LogP contribution in [0.1, 0.15) is 32.3 Å². The number of likely N-dealkylation sites (tertiary alicyclic amines) is 1. The minimum absolute atomic E-state index is 0.0701. The van der Waals surface area contributed by atoms with Crippen molar-refractivity contribution in [1.29, 1.82) is 0 Å². The maximum atomic E-state index is 12.4. The van der Waals surface area contributed by atoms with Gasteiger partial charge in [-0.3, -0.25) is 4.72 Å². The molecule has 1 heterocycles. The van der Waals surface area contributed by atoms with E-state index in [1.165, 1.54) is 0 Å². The summed E-state index contributed by atoms with van der Waals surface area (Å²) >= 11 is 0. The number of hydrogen-bond donors (Lipinski definition) is 2. The van der Waals surface area contributed by atoms with E-state index in [2.05, 4.69) is 21.3 Å². The van der Waals surface area contributed by atoms with E-state index < -0.39 is 25.3 Å². The third-order valence-corrected chi connectivity index (χ3v) is 8.10. The van der Waals surface area contributed by atoms with Crippen LogP contribution in [0.5, 0.6) is 0 Å². The van der Waals surface area contributed by atoms with Crippen molar-refractivity contribution in [3.8, 4) is 11.1 Å². The van der Waals surface area contributed by atoms with E-state index >= 15 is 0 Å². The van der Waals surface area contributed by atoms with Crippen molar-refractivity contribution in [3.05, 3.63) is 54.1 Å². The average Bonchev–Trinajstić information content (AvgIpc) is 3.09. The molecule has 9 heteroatoms. The lowest BCUT2D eigenvalue weighted by atomic mass is 9.93. The van der Waals surface area contributed by atoms with E-state index in [4.69, 9.17) is 0 Å². The quantitative estimate of drug-likeness (QED) is 0.625. The van der Waals surface area contributed by atoms with Gasteiger partial charge in [0, 0.05) is 30.7 Å². The van der Waals surface area contributed by atoms with Crippen LogP contribution < -0.4 is 9.44 Å². The number of nitrogens with one attached hydrogen (secondary N) is 2. The lowest BCUT2D eigenvalue weighted by Crippen LogP contribution is -2.42. The van der Waals surface area contributed by atoms with Crippen LogP contribution in [0, 0.1) is 0 Å². The van der Waals surface area contributed by atoms with Gasteiger partial charge in [0.05, 0.1) is 11.5 Å². The third-order valence-electron chi connectivity index (χ3n) is 5.62. The van der Waals surface area contributed by atoms with Crippen molar-refractivity contribution in [3.63, 3.8) is 0 Å². The highest BCUT2D eigenvalue weighted by Crippen LogP contribution is 2.31. The molecular formula is C22H31N3O4S2. The first-order valence-electron chi connectivity index (χ1n) is 10.4. The summed E-state index contributed by atoms with van der Waals surface area (Å²) in [7, 11) is -6.70. The Morgan fingerprint density at radius 3 is 2.26 bits per heavy atom. The number of likely N-dealkylation sites (N-methyl/N-ethyl adjacent to an activating group) is 1. The monoisotopic (exact) mass is 465 g/mol. The van der Waals surface area contributed by atoms with E-state index in [1.54, 1.807) is 26.0 Å². The molecule has 0 spiro atoms. The van der Waals surface area contributed by atoms with Crippen molar-refractivity contribution in [1.82, 2.24) is 9.62 Å². The number of rotatable bonds is 8. The molecule has 2 N–H and O–H groups in total. The average molecular weight is 466 g/mol. The van der Waals surface area contributed by atoms with Crippen molar-refractivity contribution in [2.75, 3.05) is 30.6 Å². The molecule has 2 unspecified atom stereocenters. The molecule has 0 bridgehead atoms. The van der Waals surface area contributed by atoms with E-state index in [0.717, 1.165) is 36.0 Å². The molecule has 0 saturated carbocycles. The smallest absolute Gasteiger partial charge is 0.229 e. The molecule has 0 amide bonds. The standard InChI is InChI=1S/C22H31N3O4S2/c1-5-25-14-21(22(15-25)24-31(28,29)16(2)3)18-11-9-17(10-12-18)19-7-6-8-20(13-19)23-30(4,26)27/h6-13,16,21-24H,5,14-15H2,1-4H3. The largest absolute Gasteiger partial charge is 0.301 e. The zero-order valence-electron chi connectivity index (χ0n) is 18.4. The Balaban J connectivity index is 1.83. The Bertz CT molecular complexity index is 1110. The third kappa shape index (κ3) is 6.06. The van der Waals surface area contributed by atoms with Gasteiger partial charge >= 0.3 is 0 Å². The maximum Gasteiger partial charge on any atom is 0.229 e. The maximum absolute atomic E-state index is 12.4. The fourth-order valence-electron chi connectivity index (χ4n) is 3.85. The molecule has 1 saturated heterocycles. The highest BCUT2D eigenvalue weighted by atomic mass is 32.2. The summed E-state index contributed by atoms with van der Waals surface area (Å²) in [5.41, 5.74) is 3.47. The predicted molar refractivity (Wildman–Crippen MR) is 126 cm³/mol. The minimum atomic E-state index is -3.36. The van der Waals surface area contributed by atoms with E-state index in [0.29, 0.717) is 12.2 Å². The summed E-state index contributed by atoms with van der Waals surface area (Å²) in [6.07, 6.45) is 1.12. The van der Waals surface area contributed by atoms with Crippen molar-refractivity contribution >= 4 is 25.7 Å². The second kappa shape index (κ2) is 9.28. The Labute approximate surface area is 186 Å². The molecule has 170 valence electrons. The molecule has 0 aliphatic carbocycles. The number of sulfonamides is 2. The van der Waals surface area contributed by atoms with E-state index in [1.807, 2.05) is 36.4 Å². The number of benzene rings is 2. The first-order valence-corrected chi connectivity index (χ1v) is 13.8. The van der Waals surface area contributed by atoms with Gasteiger partial charge in [-0.1, -0.05) is 43.3 Å². The Kier molecular flexibility index (Phi) is 7.10. The molecule has 31 heavy (non-hydrogen) atoms. The van der Waals surface area contributed by atoms with Crippen LogP contribution in [-0.4, -0.2) is 58.9 Å². The van der Waals surface area contributed by atoms with Gasteiger partial charge in [-0.25, -0.2) is 21.6 Å². The fourth-order valence-corrected chi connectivity index (χ4v) is 5.33.